The van der Waals surface area contributed by atoms with Crippen molar-refractivity contribution in [1.82, 2.24) is 19.1 Å². The lowest BCUT2D eigenvalue weighted by molar-refractivity contribution is 0.220. The molecule has 0 aliphatic rings. The highest BCUT2D eigenvalue weighted by molar-refractivity contribution is 7.99. The number of aryl methyl sites for hydroxylation is 1. The predicted octanol–water partition coefficient (Wildman–Crippen LogP) is 1.60. The molecule has 132 valence electrons. The van der Waals surface area contributed by atoms with Crippen LogP contribution in [0.2, 0.25) is 5.02 Å². The normalized spacial score (nSPS) is 12.6. The summed E-state index contributed by atoms with van der Waals surface area (Å²) in [7, 11) is 1.55. The summed E-state index contributed by atoms with van der Waals surface area (Å²) >= 11 is 7.57. The van der Waals surface area contributed by atoms with E-state index >= 15 is 0 Å². The molecule has 0 saturated carbocycles. The number of aromatic nitrogens is 4. The van der Waals surface area contributed by atoms with E-state index in [-0.39, 0.29) is 0 Å². The topological polar surface area (TPSA) is 92.9 Å². The number of nitrogens with zero attached hydrogens (tertiary/aromatic N) is 3. The average Bonchev–Trinajstić information content (AvgIpc) is 2.92. The first-order valence-electron chi connectivity index (χ1n) is 7.62. The van der Waals surface area contributed by atoms with Gasteiger partial charge in [-0.25, -0.2) is 9.78 Å². The number of aliphatic hydroxyl groups is 1. The number of rotatable bonds is 5. The molecule has 7 nitrogen and oxygen atoms in total. The van der Waals surface area contributed by atoms with Crippen molar-refractivity contribution in [2.45, 2.75) is 24.7 Å². The van der Waals surface area contributed by atoms with E-state index in [0.717, 1.165) is 5.56 Å². The van der Waals surface area contributed by atoms with Gasteiger partial charge in [0.25, 0.3) is 5.56 Å². The molecule has 2 heterocycles. The fourth-order valence-corrected chi connectivity index (χ4v) is 3.51. The molecule has 2 N–H and O–H groups in total. The van der Waals surface area contributed by atoms with Gasteiger partial charge in [-0.1, -0.05) is 41.6 Å². The minimum atomic E-state index is -0.527. The van der Waals surface area contributed by atoms with Crippen LogP contribution in [-0.2, 0) is 13.6 Å². The van der Waals surface area contributed by atoms with E-state index in [4.69, 9.17) is 11.6 Å². The van der Waals surface area contributed by atoms with Crippen LogP contribution in [0.25, 0.3) is 11.2 Å². The Morgan fingerprint density at radius 1 is 1.36 bits per heavy atom. The number of imidazole rings is 1. The van der Waals surface area contributed by atoms with Crippen molar-refractivity contribution in [1.29, 1.82) is 0 Å². The summed E-state index contributed by atoms with van der Waals surface area (Å²) in [4.78, 5) is 31.0. The Hall–Kier alpha value is -2.03. The molecule has 0 saturated heterocycles. The summed E-state index contributed by atoms with van der Waals surface area (Å²) in [5, 5.41) is 10.7. The molecule has 0 aliphatic heterocycles. The lowest BCUT2D eigenvalue weighted by atomic mass is 10.2. The van der Waals surface area contributed by atoms with E-state index in [0.29, 0.717) is 33.6 Å². The van der Waals surface area contributed by atoms with Gasteiger partial charge in [-0.2, -0.15) is 0 Å². The highest BCUT2D eigenvalue weighted by atomic mass is 35.5. The Morgan fingerprint density at radius 2 is 2.08 bits per heavy atom. The third-order valence-electron chi connectivity index (χ3n) is 3.71. The van der Waals surface area contributed by atoms with Gasteiger partial charge in [0.15, 0.2) is 16.3 Å². The maximum absolute atomic E-state index is 12.4. The Kier molecular flexibility index (Phi) is 5.03. The van der Waals surface area contributed by atoms with Gasteiger partial charge in [-0.15, -0.1) is 0 Å². The van der Waals surface area contributed by atoms with Crippen LogP contribution in [0.4, 0.5) is 0 Å². The van der Waals surface area contributed by atoms with Crippen LogP contribution in [0, 0.1) is 0 Å². The maximum Gasteiger partial charge on any atom is 0.329 e. The molecule has 1 atom stereocenters. The van der Waals surface area contributed by atoms with Crippen molar-refractivity contribution in [2.75, 3.05) is 5.75 Å². The quantitative estimate of drug-likeness (QED) is 0.656. The molecular formula is C16H17ClN4O3S. The number of H-pyrrole nitrogens is 1. The minimum absolute atomic E-state index is 0.300. The number of hydrogen-bond acceptors (Lipinski definition) is 5. The standard InChI is InChI=1S/C16H17ClN4O3S/c1-9(22)8-25-16-18-13-12(14(23)19-15(24)20(13)2)21(16)7-10-5-3-4-6-11(10)17/h3-6,9,22H,7-8H2,1-2H3,(H,19,23,24)/t9-/m0/s1. The van der Waals surface area contributed by atoms with Crippen LogP contribution < -0.4 is 11.2 Å². The van der Waals surface area contributed by atoms with E-state index < -0.39 is 17.4 Å². The average molecular weight is 381 g/mol. The van der Waals surface area contributed by atoms with Gasteiger partial charge in [0, 0.05) is 17.8 Å². The van der Waals surface area contributed by atoms with Gasteiger partial charge in [0.05, 0.1) is 12.6 Å². The Bertz CT molecular complexity index is 1040. The first-order valence-corrected chi connectivity index (χ1v) is 8.98. The number of thioether (sulfide) groups is 1. The van der Waals surface area contributed by atoms with Gasteiger partial charge in [-0.3, -0.25) is 14.3 Å². The summed E-state index contributed by atoms with van der Waals surface area (Å²) in [5.41, 5.74) is 0.410. The third kappa shape index (κ3) is 3.51. The number of fused-ring (bicyclic) bond motifs is 1. The number of halogens is 1. The summed E-state index contributed by atoms with van der Waals surface area (Å²) in [6.45, 7) is 2.01. The second-order valence-corrected chi connectivity index (χ2v) is 7.12. The summed E-state index contributed by atoms with van der Waals surface area (Å²) in [5.74, 6) is 0.414. The van der Waals surface area contributed by atoms with E-state index in [2.05, 4.69) is 9.97 Å². The number of hydrogen-bond donors (Lipinski definition) is 2. The first-order chi connectivity index (χ1) is 11.9. The van der Waals surface area contributed by atoms with Gasteiger partial charge in [-0.05, 0) is 18.6 Å². The van der Waals surface area contributed by atoms with Crippen molar-refractivity contribution in [3.63, 3.8) is 0 Å². The van der Waals surface area contributed by atoms with E-state index in [1.807, 2.05) is 18.2 Å². The molecule has 0 bridgehead atoms. The zero-order valence-corrected chi connectivity index (χ0v) is 15.3. The third-order valence-corrected chi connectivity index (χ3v) is 5.30. The molecule has 2 aromatic heterocycles. The lowest BCUT2D eigenvalue weighted by Crippen LogP contribution is -2.29. The smallest absolute Gasteiger partial charge is 0.329 e. The van der Waals surface area contributed by atoms with Gasteiger partial charge >= 0.3 is 5.69 Å². The summed E-state index contributed by atoms with van der Waals surface area (Å²) in [6, 6.07) is 7.34. The second kappa shape index (κ2) is 7.07. The monoisotopic (exact) mass is 380 g/mol. The molecule has 0 fully saturated rings. The first kappa shape index (κ1) is 17.8. The predicted molar refractivity (Wildman–Crippen MR) is 98.6 cm³/mol. The zero-order chi connectivity index (χ0) is 18.1. The van der Waals surface area contributed by atoms with Crippen molar-refractivity contribution < 1.29 is 5.11 Å². The van der Waals surface area contributed by atoms with Gasteiger partial charge in [0.2, 0.25) is 0 Å². The van der Waals surface area contributed by atoms with Crippen LogP contribution in [0.1, 0.15) is 12.5 Å². The molecule has 25 heavy (non-hydrogen) atoms. The summed E-state index contributed by atoms with van der Waals surface area (Å²) in [6.07, 6.45) is -0.527. The Morgan fingerprint density at radius 3 is 2.76 bits per heavy atom. The summed E-state index contributed by atoms with van der Waals surface area (Å²) < 4.78 is 3.02. The molecule has 0 unspecified atom stereocenters. The molecule has 3 rings (SSSR count). The highest BCUT2D eigenvalue weighted by Gasteiger charge is 2.19. The van der Waals surface area contributed by atoms with Crippen LogP contribution in [0.15, 0.2) is 39.0 Å². The molecule has 0 aliphatic carbocycles. The lowest BCUT2D eigenvalue weighted by Gasteiger charge is -2.10. The molecule has 1 aromatic carbocycles. The van der Waals surface area contributed by atoms with Gasteiger partial charge in [0.1, 0.15) is 0 Å². The van der Waals surface area contributed by atoms with Crippen molar-refractivity contribution in [3.05, 3.63) is 55.7 Å². The number of aliphatic hydroxyl groups excluding tert-OH is 1. The Labute approximate surface area is 152 Å². The van der Waals surface area contributed by atoms with E-state index in [9.17, 15) is 14.7 Å². The fourth-order valence-electron chi connectivity index (χ4n) is 2.46. The molecule has 9 heteroatoms. The van der Waals surface area contributed by atoms with E-state index in [1.165, 1.54) is 16.3 Å². The second-order valence-electron chi connectivity index (χ2n) is 5.72. The van der Waals surface area contributed by atoms with Crippen LogP contribution in [-0.4, -0.2) is 36.1 Å². The molecule has 3 aromatic rings. The molecule has 0 radical (unpaired) electrons. The van der Waals surface area contributed by atoms with Crippen molar-refractivity contribution in [3.8, 4) is 0 Å². The molecule has 0 amide bonds. The molecular weight excluding hydrogens is 364 g/mol. The van der Waals surface area contributed by atoms with Crippen LogP contribution in [0.5, 0.6) is 0 Å². The van der Waals surface area contributed by atoms with Crippen molar-refractivity contribution in [2.24, 2.45) is 7.05 Å². The maximum atomic E-state index is 12.4. The largest absolute Gasteiger partial charge is 0.393 e. The number of benzene rings is 1. The molecule has 0 spiro atoms. The number of nitrogens with one attached hydrogen (secondary N) is 1. The van der Waals surface area contributed by atoms with Crippen LogP contribution in [0.3, 0.4) is 0 Å². The Balaban J connectivity index is 2.21. The number of aromatic amines is 1. The zero-order valence-electron chi connectivity index (χ0n) is 13.7. The van der Waals surface area contributed by atoms with Gasteiger partial charge < -0.3 is 9.67 Å². The van der Waals surface area contributed by atoms with E-state index in [1.54, 1.807) is 24.6 Å². The fraction of sp³-hybridized carbons (Fsp3) is 0.312. The SMILES string of the molecule is C[C@H](O)CSc1nc2c(c(=O)[nH]c(=O)n2C)n1Cc1ccccc1Cl. The minimum Gasteiger partial charge on any atom is -0.393 e. The highest BCUT2D eigenvalue weighted by Crippen LogP contribution is 2.25. The van der Waals surface area contributed by atoms with Crippen molar-refractivity contribution >= 4 is 34.5 Å². The van der Waals surface area contributed by atoms with Crippen LogP contribution >= 0.6 is 23.4 Å².